The second-order valence-electron chi connectivity index (χ2n) is 3.97. The Morgan fingerprint density at radius 3 is 2.78 bits per heavy atom. The fraction of sp³-hybridized carbons (Fsp3) is 0.0769. The smallest absolute Gasteiger partial charge is 0.0806 e. The summed E-state index contributed by atoms with van der Waals surface area (Å²) in [6, 6.07) is 9.84. The molecule has 0 aliphatic carbocycles. The van der Waals surface area contributed by atoms with Crippen LogP contribution < -0.4 is 10.9 Å². The minimum atomic E-state index is 0.187. The molecule has 18 heavy (non-hydrogen) atoms. The standard InChI is InChI=1S/C13H10Cl2N2S/c14-8-3-4-9(10(15)6-8)11-7-12(17-16-11)13-2-1-5-18-13/h1-7,12,16-17H. The van der Waals surface area contributed by atoms with Crippen molar-refractivity contribution in [1.29, 1.82) is 0 Å². The average Bonchev–Trinajstić information content (AvgIpc) is 2.99. The molecule has 2 heterocycles. The molecule has 1 aliphatic heterocycles. The quantitative estimate of drug-likeness (QED) is 0.866. The van der Waals surface area contributed by atoms with Crippen molar-refractivity contribution in [3.63, 3.8) is 0 Å². The van der Waals surface area contributed by atoms with Gasteiger partial charge in [0.1, 0.15) is 0 Å². The number of rotatable bonds is 2. The third-order valence-corrected chi connectivity index (χ3v) is 4.27. The lowest BCUT2D eigenvalue weighted by Gasteiger charge is -2.07. The second-order valence-corrected chi connectivity index (χ2v) is 5.79. The third kappa shape index (κ3) is 2.27. The zero-order valence-corrected chi connectivity index (χ0v) is 11.6. The van der Waals surface area contributed by atoms with Crippen LogP contribution in [0.5, 0.6) is 0 Å². The zero-order chi connectivity index (χ0) is 12.5. The fourth-order valence-corrected chi connectivity index (χ4v) is 3.15. The second kappa shape index (κ2) is 4.94. The van der Waals surface area contributed by atoms with E-state index < -0.39 is 0 Å². The molecular weight excluding hydrogens is 287 g/mol. The Hall–Kier alpha value is -1.00. The fourth-order valence-electron chi connectivity index (χ4n) is 1.89. The lowest BCUT2D eigenvalue weighted by molar-refractivity contribution is 0.623. The van der Waals surface area contributed by atoms with Gasteiger partial charge in [-0.3, -0.25) is 0 Å². The minimum absolute atomic E-state index is 0.187. The van der Waals surface area contributed by atoms with Gasteiger partial charge in [0.25, 0.3) is 0 Å². The summed E-state index contributed by atoms with van der Waals surface area (Å²) in [4.78, 5) is 1.27. The highest BCUT2D eigenvalue weighted by Gasteiger charge is 2.19. The number of thiophene rings is 1. The molecule has 1 aromatic carbocycles. The van der Waals surface area contributed by atoms with Gasteiger partial charge < -0.3 is 5.43 Å². The number of halogens is 2. The molecule has 0 saturated heterocycles. The van der Waals surface area contributed by atoms with Crippen LogP contribution in [0.2, 0.25) is 10.0 Å². The zero-order valence-electron chi connectivity index (χ0n) is 9.28. The third-order valence-electron chi connectivity index (χ3n) is 2.77. The first-order valence-electron chi connectivity index (χ1n) is 5.46. The average molecular weight is 297 g/mol. The van der Waals surface area contributed by atoms with E-state index in [1.807, 2.05) is 18.2 Å². The van der Waals surface area contributed by atoms with Gasteiger partial charge in [-0.1, -0.05) is 29.3 Å². The van der Waals surface area contributed by atoms with Gasteiger partial charge in [-0.15, -0.1) is 11.3 Å². The number of benzene rings is 1. The van der Waals surface area contributed by atoms with Crippen molar-refractivity contribution in [2.24, 2.45) is 0 Å². The van der Waals surface area contributed by atoms with E-state index in [-0.39, 0.29) is 6.04 Å². The molecule has 0 bridgehead atoms. The van der Waals surface area contributed by atoms with Gasteiger partial charge in [-0.05, 0) is 35.7 Å². The highest BCUT2D eigenvalue weighted by molar-refractivity contribution is 7.10. The van der Waals surface area contributed by atoms with Crippen LogP contribution in [0.3, 0.4) is 0 Å². The van der Waals surface area contributed by atoms with Crippen LogP contribution in [0.4, 0.5) is 0 Å². The molecule has 1 unspecified atom stereocenters. The molecule has 1 aliphatic rings. The maximum Gasteiger partial charge on any atom is 0.0806 e. The predicted octanol–water partition coefficient (Wildman–Crippen LogP) is 4.24. The van der Waals surface area contributed by atoms with Crippen LogP contribution in [-0.2, 0) is 0 Å². The Morgan fingerprint density at radius 2 is 2.06 bits per heavy atom. The predicted molar refractivity (Wildman–Crippen MR) is 77.8 cm³/mol. The van der Waals surface area contributed by atoms with E-state index in [0.29, 0.717) is 10.0 Å². The molecular formula is C13H10Cl2N2S. The van der Waals surface area contributed by atoms with Crippen molar-refractivity contribution in [3.8, 4) is 0 Å². The summed E-state index contributed by atoms with van der Waals surface area (Å²) in [5.74, 6) is 0. The van der Waals surface area contributed by atoms with Crippen LogP contribution in [0.25, 0.3) is 5.70 Å². The van der Waals surface area contributed by atoms with E-state index in [2.05, 4.69) is 28.4 Å². The van der Waals surface area contributed by atoms with Gasteiger partial charge in [0.2, 0.25) is 0 Å². The SMILES string of the molecule is Clc1ccc(C2=CC(c3cccs3)NN2)c(Cl)c1. The maximum atomic E-state index is 6.19. The van der Waals surface area contributed by atoms with Gasteiger partial charge in [0.05, 0.1) is 16.8 Å². The van der Waals surface area contributed by atoms with Crippen molar-refractivity contribution < 1.29 is 0 Å². The first-order chi connectivity index (χ1) is 8.74. The van der Waals surface area contributed by atoms with Crippen LogP contribution in [0, 0.1) is 0 Å². The molecule has 0 saturated carbocycles. The van der Waals surface area contributed by atoms with E-state index >= 15 is 0 Å². The molecule has 2 aromatic rings. The molecule has 3 rings (SSSR count). The summed E-state index contributed by atoms with van der Waals surface area (Å²) in [7, 11) is 0. The number of hydrogen-bond donors (Lipinski definition) is 2. The van der Waals surface area contributed by atoms with Crippen molar-refractivity contribution in [2.45, 2.75) is 6.04 Å². The summed E-state index contributed by atoms with van der Waals surface area (Å²) >= 11 is 13.8. The van der Waals surface area contributed by atoms with Crippen LogP contribution in [0.15, 0.2) is 41.8 Å². The Bertz CT molecular complexity index is 593. The van der Waals surface area contributed by atoms with E-state index in [4.69, 9.17) is 23.2 Å². The van der Waals surface area contributed by atoms with E-state index in [0.717, 1.165) is 11.3 Å². The number of hydrogen-bond acceptors (Lipinski definition) is 3. The molecule has 0 spiro atoms. The highest BCUT2D eigenvalue weighted by Crippen LogP contribution is 2.31. The number of nitrogens with one attached hydrogen (secondary N) is 2. The van der Waals surface area contributed by atoms with Crippen molar-refractivity contribution in [3.05, 3.63) is 62.3 Å². The molecule has 1 atom stereocenters. The van der Waals surface area contributed by atoms with Gasteiger partial charge >= 0.3 is 0 Å². The monoisotopic (exact) mass is 296 g/mol. The first kappa shape index (κ1) is 12.1. The van der Waals surface area contributed by atoms with Gasteiger partial charge in [0, 0.05) is 15.5 Å². The molecule has 0 amide bonds. The molecule has 5 heteroatoms. The maximum absolute atomic E-state index is 6.19. The first-order valence-corrected chi connectivity index (χ1v) is 7.10. The summed E-state index contributed by atoms with van der Waals surface area (Å²) in [6.07, 6.45) is 2.13. The van der Waals surface area contributed by atoms with E-state index in [1.54, 1.807) is 17.4 Å². The Labute approximate surface area is 119 Å². The normalized spacial score (nSPS) is 18.6. The van der Waals surface area contributed by atoms with E-state index in [1.165, 1.54) is 4.88 Å². The number of hydrazine groups is 1. The Balaban J connectivity index is 1.92. The molecule has 2 N–H and O–H groups in total. The topological polar surface area (TPSA) is 24.1 Å². The highest BCUT2D eigenvalue weighted by atomic mass is 35.5. The van der Waals surface area contributed by atoms with Crippen molar-refractivity contribution in [2.75, 3.05) is 0 Å². The van der Waals surface area contributed by atoms with Gasteiger partial charge in [0.15, 0.2) is 0 Å². The largest absolute Gasteiger partial charge is 0.320 e. The van der Waals surface area contributed by atoms with Gasteiger partial charge in [-0.2, -0.15) is 0 Å². The molecule has 1 aromatic heterocycles. The lowest BCUT2D eigenvalue weighted by Crippen LogP contribution is -2.25. The van der Waals surface area contributed by atoms with Crippen molar-refractivity contribution in [1.82, 2.24) is 10.9 Å². The van der Waals surface area contributed by atoms with E-state index in [9.17, 15) is 0 Å². The Morgan fingerprint density at radius 1 is 1.17 bits per heavy atom. The summed E-state index contributed by atoms with van der Waals surface area (Å²) in [5.41, 5.74) is 8.32. The molecule has 0 radical (unpaired) electrons. The lowest BCUT2D eigenvalue weighted by atomic mass is 10.1. The summed E-state index contributed by atoms with van der Waals surface area (Å²) in [5, 5.41) is 3.36. The molecule has 0 fully saturated rings. The van der Waals surface area contributed by atoms with Crippen LogP contribution in [0.1, 0.15) is 16.5 Å². The summed E-state index contributed by atoms with van der Waals surface area (Å²) in [6.45, 7) is 0. The Kier molecular flexibility index (Phi) is 3.31. The molecule has 2 nitrogen and oxygen atoms in total. The van der Waals surface area contributed by atoms with Crippen LogP contribution >= 0.6 is 34.5 Å². The van der Waals surface area contributed by atoms with Crippen LogP contribution in [-0.4, -0.2) is 0 Å². The summed E-state index contributed by atoms with van der Waals surface area (Å²) < 4.78 is 0. The molecule has 92 valence electrons. The van der Waals surface area contributed by atoms with Gasteiger partial charge in [-0.25, -0.2) is 5.43 Å². The van der Waals surface area contributed by atoms with Crippen molar-refractivity contribution >= 4 is 40.2 Å². The minimum Gasteiger partial charge on any atom is -0.320 e.